The lowest BCUT2D eigenvalue weighted by atomic mass is 9.84. The maximum Gasteiger partial charge on any atom is 0.0692 e. The maximum absolute atomic E-state index is 4.34. The van der Waals surface area contributed by atoms with Crippen molar-refractivity contribution in [3.8, 4) is 0 Å². The molecule has 1 aromatic rings. The summed E-state index contributed by atoms with van der Waals surface area (Å²) in [6.07, 6.45) is 10.2. The molecule has 0 aromatic carbocycles. The van der Waals surface area contributed by atoms with Crippen LogP contribution in [0.1, 0.15) is 57.2 Å². The molecule has 0 aliphatic heterocycles. The first kappa shape index (κ1) is 14.1. The summed E-state index contributed by atoms with van der Waals surface area (Å²) in [6.45, 7) is 3.19. The zero-order valence-electron chi connectivity index (χ0n) is 11.5. The minimum atomic E-state index is 0.431. The number of rotatable bonds is 5. The molecule has 102 valence electrons. The van der Waals surface area contributed by atoms with E-state index in [-0.39, 0.29) is 0 Å². The van der Waals surface area contributed by atoms with Crippen molar-refractivity contribution in [1.29, 1.82) is 0 Å². The van der Waals surface area contributed by atoms with E-state index in [1.54, 1.807) is 0 Å². The van der Waals surface area contributed by atoms with E-state index < -0.39 is 0 Å². The molecule has 1 aliphatic rings. The Morgan fingerprint density at radius 2 is 2.17 bits per heavy atom. The number of hydrogen-bond acceptors (Lipinski definition) is 2. The molecule has 0 amide bonds. The summed E-state index contributed by atoms with van der Waals surface area (Å²) in [4.78, 5) is 0. The van der Waals surface area contributed by atoms with Crippen molar-refractivity contribution in [2.45, 2.75) is 51.5 Å². The zero-order valence-corrected chi connectivity index (χ0v) is 13.0. The van der Waals surface area contributed by atoms with Crippen molar-refractivity contribution in [2.75, 3.05) is 6.54 Å². The Morgan fingerprint density at radius 3 is 2.72 bits per heavy atom. The van der Waals surface area contributed by atoms with Crippen LogP contribution in [0.4, 0.5) is 0 Å². The van der Waals surface area contributed by atoms with Gasteiger partial charge in [-0.3, -0.25) is 4.68 Å². The van der Waals surface area contributed by atoms with E-state index in [0.29, 0.717) is 6.04 Å². The molecule has 1 fully saturated rings. The summed E-state index contributed by atoms with van der Waals surface area (Å²) in [5.41, 5.74) is 1.29. The Bertz CT molecular complexity index is 350. The molecular weight excluding hydrogens is 290 g/mol. The fraction of sp³-hybridized carbons (Fsp3) is 0.786. The van der Waals surface area contributed by atoms with Gasteiger partial charge in [0.25, 0.3) is 0 Å². The molecule has 1 aromatic heterocycles. The first-order chi connectivity index (χ1) is 8.72. The van der Waals surface area contributed by atoms with Gasteiger partial charge in [0, 0.05) is 7.05 Å². The van der Waals surface area contributed by atoms with Gasteiger partial charge in [0.1, 0.15) is 0 Å². The first-order valence-corrected chi connectivity index (χ1v) is 7.92. The van der Waals surface area contributed by atoms with Crippen molar-refractivity contribution in [3.05, 3.63) is 16.4 Å². The Kier molecular flexibility index (Phi) is 5.25. The molecule has 1 aliphatic carbocycles. The molecule has 3 nitrogen and oxygen atoms in total. The second kappa shape index (κ2) is 6.71. The monoisotopic (exact) mass is 313 g/mol. The summed E-state index contributed by atoms with van der Waals surface area (Å²) in [7, 11) is 2.03. The van der Waals surface area contributed by atoms with Crippen LogP contribution in [0.2, 0.25) is 0 Å². The SMILES string of the molecule is CCNC(CC1CCCCC1)c1c(Br)cnn1C. The van der Waals surface area contributed by atoms with Crippen LogP contribution in [0.5, 0.6) is 0 Å². The molecule has 0 spiro atoms. The topological polar surface area (TPSA) is 29.9 Å². The van der Waals surface area contributed by atoms with Gasteiger partial charge in [-0.2, -0.15) is 5.10 Å². The van der Waals surface area contributed by atoms with Gasteiger partial charge in [-0.1, -0.05) is 39.0 Å². The van der Waals surface area contributed by atoms with Crippen LogP contribution < -0.4 is 5.32 Å². The Labute approximate surface area is 118 Å². The lowest BCUT2D eigenvalue weighted by Gasteiger charge is -2.27. The largest absolute Gasteiger partial charge is 0.309 e. The van der Waals surface area contributed by atoms with E-state index in [0.717, 1.165) is 16.9 Å². The Morgan fingerprint density at radius 1 is 1.44 bits per heavy atom. The third kappa shape index (κ3) is 3.35. The predicted octanol–water partition coefficient (Wildman–Crippen LogP) is 3.80. The molecule has 1 heterocycles. The van der Waals surface area contributed by atoms with Crippen LogP contribution >= 0.6 is 15.9 Å². The first-order valence-electron chi connectivity index (χ1n) is 7.13. The number of nitrogens with one attached hydrogen (secondary N) is 1. The molecule has 1 unspecified atom stereocenters. The summed E-state index contributed by atoms with van der Waals surface area (Å²) in [6, 6.07) is 0.431. The number of halogens is 1. The van der Waals surface area contributed by atoms with Crippen LogP contribution in [0, 0.1) is 5.92 Å². The van der Waals surface area contributed by atoms with Gasteiger partial charge >= 0.3 is 0 Å². The molecule has 2 rings (SSSR count). The number of aryl methyl sites for hydroxylation is 1. The second-order valence-corrected chi connectivity index (χ2v) is 6.21. The van der Waals surface area contributed by atoms with Crippen LogP contribution in [0.3, 0.4) is 0 Å². The van der Waals surface area contributed by atoms with E-state index in [4.69, 9.17) is 0 Å². The average Bonchev–Trinajstić information content (AvgIpc) is 2.70. The molecule has 18 heavy (non-hydrogen) atoms. The minimum Gasteiger partial charge on any atom is -0.309 e. The summed E-state index contributed by atoms with van der Waals surface area (Å²) < 4.78 is 3.13. The fourth-order valence-electron chi connectivity index (χ4n) is 3.11. The molecule has 1 N–H and O–H groups in total. The molecule has 4 heteroatoms. The molecule has 0 bridgehead atoms. The quantitative estimate of drug-likeness (QED) is 0.896. The van der Waals surface area contributed by atoms with Crippen molar-refractivity contribution in [3.63, 3.8) is 0 Å². The van der Waals surface area contributed by atoms with Crippen molar-refractivity contribution >= 4 is 15.9 Å². The molecule has 0 saturated heterocycles. The van der Waals surface area contributed by atoms with Crippen molar-refractivity contribution < 1.29 is 0 Å². The predicted molar refractivity (Wildman–Crippen MR) is 78.5 cm³/mol. The highest BCUT2D eigenvalue weighted by Crippen LogP contribution is 2.33. The van der Waals surface area contributed by atoms with Crippen LogP contribution in [-0.2, 0) is 7.05 Å². The molecule has 1 atom stereocenters. The van der Waals surface area contributed by atoms with Gasteiger partial charge < -0.3 is 5.32 Å². The lowest BCUT2D eigenvalue weighted by molar-refractivity contribution is 0.296. The number of nitrogens with zero attached hydrogens (tertiary/aromatic N) is 2. The summed E-state index contributed by atoms with van der Waals surface area (Å²) in [5.74, 6) is 0.879. The molecule has 0 radical (unpaired) electrons. The molecule has 1 saturated carbocycles. The average molecular weight is 314 g/mol. The van der Waals surface area contributed by atoms with E-state index >= 15 is 0 Å². The highest BCUT2D eigenvalue weighted by atomic mass is 79.9. The zero-order chi connectivity index (χ0) is 13.0. The minimum absolute atomic E-state index is 0.431. The summed E-state index contributed by atoms with van der Waals surface area (Å²) >= 11 is 3.63. The van der Waals surface area contributed by atoms with Gasteiger partial charge in [0.2, 0.25) is 0 Å². The number of hydrogen-bond donors (Lipinski definition) is 1. The van der Waals surface area contributed by atoms with E-state index in [9.17, 15) is 0 Å². The van der Waals surface area contributed by atoms with E-state index in [1.165, 1.54) is 44.2 Å². The van der Waals surface area contributed by atoms with Gasteiger partial charge in [-0.25, -0.2) is 0 Å². The normalized spacial score (nSPS) is 19.1. The van der Waals surface area contributed by atoms with E-state index in [1.807, 2.05) is 17.9 Å². The Hall–Kier alpha value is -0.350. The van der Waals surface area contributed by atoms with E-state index in [2.05, 4.69) is 33.3 Å². The third-order valence-electron chi connectivity index (χ3n) is 4.01. The number of aromatic nitrogens is 2. The Balaban J connectivity index is 2.07. The van der Waals surface area contributed by atoms with Crippen molar-refractivity contribution in [2.24, 2.45) is 13.0 Å². The van der Waals surface area contributed by atoms with Gasteiger partial charge in [-0.05, 0) is 34.8 Å². The smallest absolute Gasteiger partial charge is 0.0692 e. The van der Waals surface area contributed by atoms with Gasteiger partial charge in [0.05, 0.1) is 22.4 Å². The third-order valence-corrected chi connectivity index (χ3v) is 4.62. The van der Waals surface area contributed by atoms with Gasteiger partial charge in [-0.15, -0.1) is 0 Å². The van der Waals surface area contributed by atoms with Crippen LogP contribution in [-0.4, -0.2) is 16.3 Å². The maximum atomic E-state index is 4.34. The highest BCUT2D eigenvalue weighted by Gasteiger charge is 2.23. The standard InChI is InChI=1S/C14H24BrN3/c1-3-16-13(9-11-7-5-4-6-8-11)14-12(15)10-17-18(14)2/h10-11,13,16H,3-9H2,1-2H3. The van der Waals surface area contributed by atoms with Gasteiger partial charge in [0.15, 0.2) is 0 Å². The van der Waals surface area contributed by atoms with Crippen LogP contribution in [0.15, 0.2) is 10.7 Å². The molecular formula is C14H24BrN3. The summed E-state index contributed by atoms with van der Waals surface area (Å²) in [5, 5.41) is 7.97. The fourth-order valence-corrected chi connectivity index (χ4v) is 3.73. The highest BCUT2D eigenvalue weighted by molar-refractivity contribution is 9.10. The lowest BCUT2D eigenvalue weighted by Crippen LogP contribution is -2.26. The van der Waals surface area contributed by atoms with Crippen LogP contribution in [0.25, 0.3) is 0 Å². The van der Waals surface area contributed by atoms with Crippen molar-refractivity contribution in [1.82, 2.24) is 15.1 Å². The second-order valence-electron chi connectivity index (χ2n) is 5.35.